The molecule has 1 aromatic rings. The number of amides is 2. The lowest BCUT2D eigenvalue weighted by molar-refractivity contribution is -0.154. The number of hydrogen-bond acceptors (Lipinski definition) is 6. The molecule has 3 aliphatic heterocycles. The molecule has 0 saturated carbocycles. The van der Waals surface area contributed by atoms with Gasteiger partial charge in [-0.2, -0.15) is 0 Å². The number of carbonyl (C=O) groups excluding carboxylic acids is 3. The van der Waals surface area contributed by atoms with Crippen LogP contribution in [-0.2, 0) is 23.9 Å². The Morgan fingerprint density at radius 1 is 1.38 bits per heavy atom. The van der Waals surface area contributed by atoms with Crippen molar-refractivity contribution < 1.29 is 29.0 Å². The van der Waals surface area contributed by atoms with Gasteiger partial charge in [-0.05, 0) is 50.8 Å². The standard InChI is InChI=1S/C23H29BrN2O6/c1-4-31-22(30)16-17-21(29)26(8-5-9-27)19(23(17)11-14(24)18(16)32-23)20(28)25-15-10-12(2)6-7-13(15)3/h6-7,10,14,16-19,27H,4-5,8-9,11H2,1-3H3,(H,25,28)/t14?,16-,17+,18-,19-,23+/m0/s1. The number of aryl methyl sites for hydroxylation is 2. The zero-order chi connectivity index (χ0) is 23.2. The summed E-state index contributed by atoms with van der Waals surface area (Å²) in [5, 5.41) is 12.4. The first-order valence-corrected chi connectivity index (χ1v) is 11.9. The molecule has 3 heterocycles. The molecule has 2 amide bonds. The van der Waals surface area contributed by atoms with E-state index in [-0.39, 0.29) is 36.4 Å². The zero-order valence-corrected chi connectivity index (χ0v) is 20.1. The van der Waals surface area contributed by atoms with Crippen LogP contribution in [0.25, 0.3) is 0 Å². The number of ether oxygens (including phenoxy) is 2. The van der Waals surface area contributed by atoms with E-state index in [4.69, 9.17) is 9.47 Å². The molecule has 1 spiro atoms. The maximum atomic E-state index is 13.7. The van der Waals surface area contributed by atoms with E-state index in [0.29, 0.717) is 18.5 Å². The molecule has 8 nitrogen and oxygen atoms in total. The van der Waals surface area contributed by atoms with Gasteiger partial charge in [0.15, 0.2) is 0 Å². The van der Waals surface area contributed by atoms with Gasteiger partial charge >= 0.3 is 5.97 Å². The zero-order valence-electron chi connectivity index (χ0n) is 18.5. The van der Waals surface area contributed by atoms with E-state index in [1.54, 1.807) is 6.92 Å². The summed E-state index contributed by atoms with van der Waals surface area (Å²) in [4.78, 5) is 41.3. The highest BCUT2D eigenvalue weighted by Crippen LogP contribution is 2.60. The molecule has 6 atom stereocenters. The third-order valence-corrected chi connectivity index (χ3v) is 7.65. The van der Waals surface area contributed by atoms with Crippen LogP contribution >= 0.6 is 15.9 Å². The lowest BCUT2D eigenvalue weighted by atomic mass is 9.70. The second-order valence-electron chi connectivity index (χ2n) is 8.83. The highest BCUT2D eigenvalue weighted by Gasteiger charge is 2.76. The van der Waals surface area contributed by atoms with E-state index in [0.717, 1.165) is 11.1 Å². The first-order chi connectivity index (χ1) is 15.2. The van der Waals surface area contributed by atoms with Crippen molar-refractivity contribution in [2.24, 2.45) is 11.8 Å². The van der Waals surface area contributed by atoms with E-state index in [1.165, 1.54) is 4.90 Å². The number of rotatable bonds is 7. The van der Waals surface area contributed by atoms with Gasteiger partial charge in [0.25, 0.3) is 0 Å². The largest absolute Gasteiger partial charge is 0.466 e. The van der Waals surface area contributed by atoms with Crippen molar-refractivity contribution in [3.8, 4) is 0 Å². The quantitative estimate of drug-likeness (QED) is 0.430. The minimum atomic E-state index is -1.12. The predicted octanol–water partition coefficient (Wildman–Crippen LogP) is 1.94. The topological polar surface area (TPSA) is 105 Å². The lowest BCUT2D eigenvalue weighted by Crippen LogP contribution is -2.54. The molecule has 1 aromatic carbocycles. The van der Waals surface area contributed by atoms with E-state index in [2.05, 4.69) is 21.2 Å². The number of nitrogens with one attached hydrogen (secondary N) is 1. The van der Waals surface area contributed by atoms with Crippen molar-refractivity contribution in [3.63, 3.8) is 0 Å². The van der Waals surface area contributed by atoms with E-state index < -0.39 is 35.6 Å². The summed E-state index contributed by atoms with van der Waals surface area (Å²) in [6, 6.07) is 4.88. The Morgan fingerprint density at radius 2 is 2.12 bits per heavy atom. The molecule has 0 aromatic heterocycles. The number of nitrogens with zero attached hydrogens (tertiary/aromatic N) is 1. The SMILES string of the molecule is CCOC(=O)[C@@H]1[C@H]2O[C@@]3(CC2Br)[C@H](C(=O)Nc2cc(C)ccc2C)N(CCCO)C(=O)[C@@H]13. The smallest absolute Gasteiger partial charge is 0.312 e. The first kappa shape index (κ1) is 23.2. The number of likely N-dealkylation sites (tertiary alicyclic amines) is 1. The average Bonchev–Trinajstić information content (AvgIpc) is 3.32. The van der Waals surface area contributed by atoms with Crippen LogP contribution < -0.4 is 5.32 Å². The van der Waals surface area contributed by atoms with Crippen LogP contribution in [0.15, 0.2) is 18.2 Å². The highest BCUT2D eigenvalue weighted by atomic mass is 79.9. The fourth-order valence-corrected chi connectivity index (χ4v) is 6.43. The van der Waals surface area contributed by atoms with Gasteiger partial charge in [0, 0.05) is 23.7 Å². The van der Waals surface area contributed by atoms with Crippen LogP contribution in [0.3, 0.4) is 0 Å². The number of alkyl halides is 1. The predicted molar refractivity (Wildman–Crippen MR) is 120 cm³/mol. The van der Waals surface area contributed by atoms with Gasteiger partial charge in [0.1, 0.15) is 11.6 Å². The van der Waals surface area contributed by atoms with Crippen LogP contribution in [0.4, 0.5) is 5.69 Å². The number of benzene rings is 1. The van der Waals surface area contributed by atoms with Gasteiger partial charge in [-0.15, -0.1) is 0 Å². The van der Waals surface area contributed by atoms with Crippen molar-refractivity contribution in [3.05, 3.63) is 29.3 Å². The summed E-state index contributed by atoms with van der Waals surface area (Å²) in [5.74, 6) is -2.67. The summed E-state index contributed by atoms with van der Waals surface area (Å²) in [6.07, 6.45) is 0.233. The van der Waals surface area contributed by atoms with E-state index in [9.17, 15) is 19.5 Å². The Morgan fingerprint density at radius 3 is 2.81 bits per heavy atom. The Balaban J connectivity index is 1.72. The number of carbonyl (C=O) groups is 3. The van der Waals surface area contributed by atoms with Gasteiger partial charge in [0.2, 0.25) is 11.8 Å². The summed E-state index contributed by atoms with van der Waals surface area (Å²) in [6.45, 7) is 5.86. The van der Waals surface area contributed by atoms with E-state index in [1.807, 2.05) is 32.0 Å². The minimum Gasteiger partial charge on any atom is -0.466 e. The van der Waals surface area contributed by atoms with Crippen LogP contribution in [0.5, 0.6) is 0 Å². The first-order valence-electron chi connectivity index (χ1n) is 11.0. The number of esters is 1. The summed E-state index contributed by atoms with van der Waals surface area (Å²) in [7, 11) is 0. The number of anilines is 1. The van der Waals surface area contributed by atoms with Crippen LogP contribution in [-0.4, -0.2) is 70.1 Å². The molecule has 0 aliphatic carbocycles. The maximum absolute atomic E-state index is 13.7. The van der Waals surface area contributed by atoms with Crippen molar-refractivity contribution in [1.29, 1.82) is 0 Å². The number of halogens is 1. The van der Waals surface area contributed by atoms with Gasteiger partial charge in [0.05, 0.1) is 24.5 Å². The van der Waals surface area contributed by atoms with Gasteiger partial charge < -0.3 is 24.8 Å². The number of aliphatic hydroxyl groups is 1. The molecular formula is C23H29BrN2O6. The molecule has 4 rings (SSSR count). The van der Waals surface area contributed by atoms with Gasteiger partial charge in [-0.25, -0.2) is 0 Å². The molecule has 3 aliphatic rings. The molecule has 32 heavy (non-hydrogen) atoms. The molecule has 9 heteroatoms. The monoisotopic (exact) mass is 508 g/mol. The van der Waals surface area contributed by atoms with Gasteiger partial charge in [-0.3, -0.25) is 14.4 Å². The third-order valence-electron chi connectivity index (χ3n) is 6.80. The van der Waals surface area contributed by atoms with E-state index >= 15 is 0 Å². The summed E-state index contributed by atoms with van der Waals surface area (Å²) < 4.78 is 11.6. The molecule has 2 N–H and O–H groups in total. The second-order valence-corrected chi connectivity index (χ2v) is 10.0. The molecule has 3 saturated heterocycles. The normalized spacial score (nSPS) is 32.8. The Labute approximate surface area is 195 Å². The highest BCUT2D eigenvalue weighted by molar-refractivity contribution is 9.09. The molecule has 0 radical (unpaired) electrons. The molecule has 3 fully saturated rings. The molecule has 174 valence electrons. The van der Waals surface area contributed by atoms with Crippen molar-refractivity contribution >= 4 is 39.4 Å². The third kappa shape index (κ3) is 3.54. The Kier molecular flexibility index (Phi) is 6.35. The maximum Gasteiger partial charge on any atom is 0.312 e. The fraction of sp³-hybridized carbons (Fsp3) is 0.609. The summed E-state index contributed by atoms with van der Waals surface area (Å²) in [5.41, 5.74) is 1.46. The van der Waals surface area contributed by atoms with Crippen molar-refractivity contribution in [2.45, 2.75) is 56.2 Å². The van der Waals surface area contributed by atoms with Crippen molar-refractivity contribution in [2.75, 3.05) is 25.1 Å². The number of fused-ring (bicyclic) bond motifs is 1. The van der Waals surface area contributed by atoms with Crippen LogP contribution in [0.1, 0.15) is 30.9 Å². The average molecular weight is 509 g/mol. The van der Waals surface area contributed by atoms with Crippen molar-refractivity contribution in [1.82, 2.24) is 4.90 Å². The Bertz CT molecular complexity index is 939. The lowest BCUT2D eigenvalue weighted by Gasteiger charge is -2.34. The summed E-state index contributed by atoms with van der Waals surface area (Å²) >= 11 is 3.61. The fourth-order valence-electron chi connectivity index (χ4n) is 5.49. The van der Waals surface area contributed by atoms with Crippen LogP contribution in [0, 0.1) is 25.7 Å². The Hall–Kier alpha value is -1.97. The van der Waals surface area contributed by atoms with Crippen LogP contribution in [0.2, 0.25) is 0 Å². The number of aliphatic hydroxyl groups excluding tert-OH is 1. The molecular weight excluding hydrogens is 480 g/mol. The second kappa shape index (κ2) is 8.76. The van der Waals surface area contributed by atoms with Gasteiger partial charge in [-0.1, -0.05) is 28.1 Å². The molecule has 1 unspecified atom stereocenters. The number of hydrogen-bond donors (Lipinski definition) is 2. The molecule has 2 bridgehead atoms. The minimum absolute atomic E-state index is 0.112.